The molecule has 6 fully saturated rings. The van der Waals surface area contributed by atoms with Gasteiger partial charge in [0, 0.05) is 49.4 Å². The number of esters is 1. The van der Waals surface area contributed by atoms with Gasteiger partial charge in [-0.15, -0.1) is 0 Å². The highest BCUT2D eigenvalue weighted by molar-refractivity contribution is 6.01. The van der Waals surface area contributed by atoms with Gasteiger partial charge in [-0.25, -0.2) is 4.39 Å². The lowest BCUT2D eigenvalue weighted by molar-refractivity contribution is -0.263. The predicted octanol–water partition coefficient (Wildman–Crippen LogP) is 3.57. The van der Waals surface area contributed by atoms with E-state index in [4.69, 9.17) is 24.1 Å². The summed E-state index contributed by atoms with van der Waals surface area (Å²) in [6.45, 7) is 19.2. The Bertz CT molecular complexity index is 1880. The molecule has 0 radical (unpaired) electrons. The van der Waals surface area contributed by atoms with E-state index in [1.807, 2.05) is 46.7 Å². The second-order valence-electron chi connectivity index (χ2n) is 23.2. The maximum absolute atomic E-state index is 17.5. The number of hydrogen-bond donors (Lipinski definition) is 10. The molecule has 0 spiro atoms. The Morgan fingerprint density at radius 3 is 2.08 bits per heavy atom. The molecular weight excluding hydrogens is 1000 g/mol. The lowest BCUT2D eigenvalue weighted by Crippen LogP contribution is -2.70. The summed E-state index contributed by atoms with van der Waals surface area (Å²) in [5, 5.41) is 89.5. The first-order valence-corrected chi connectivity index (χ1v) is 28.4. The van der Waals surface area contributed by atoms with Crippen LogP contribution in [-0.4, -0.2) is 195 Å². The Hall–Kier alpha value is -2.54. The van der Waals surface area contributed by atoms with Crippen molar-refractivity contribution in [2.75, 3.05) is 47.4 Å². The number of rotatable bonds is 6. The molecule has 4 aliphatic carbocycles. The summed E-state index contributed by atoms with van der Waals surface area (Å²) in [5.41, 5.74) is -6.16. The number of amides is 1. The van der Waals surface area contributed by atoms with Crippen LogP contribution in [0.25, 0.3) is 0 Å². The summed E-state index contributed by atoms with van der Waals surface area (Å²) < 4.78 is 38.0. The molecule has 20 heteroatoms. The number of ether oxygens (including phenoxy) is 4. The lowest BCUT2D eigenvalue weighted by atomic mass is 9.44. The third-order valence-electron chi connectivity index (χ3n) is 17.8. The number of nitrogens with one attached hydrogen (secondary N) is 2. The second-order valence-corrected chi connectivity index (χ2v) is 23.2. The van der Waals surface area contributed by atoms with E-state index >= 15 is 4.39 Å². The standard InChI is InChI=1S/C39H61FN2O9.C8H16O4.C6H12O2.C2H7N.C2H6.H2O/c1-23-9-6-10-27(43)11-7-17-42(25(3)33(47)31(45)22-51-34(23)48)18-8-16-41-35(49)39(50)24(2)19-30-29-13-12-26-20-28(44)14-15-36(26,4)38(29,40)32(46)21-37(30,39)5;1-5-7(10)8(2,11-3)4-6(9)12-5;1-5-3-2-4-6(7)8-5;1-3-2;1-2;/h14-15,20,23-25,27,29-33,43,45-47,50H,6-13,16-19,21-22H2,1-5H3,(H,41,49);5-7,9-10H,4H2,1-3H3;5-7H,2-4H2,1H3;3H,1-2H3;1-2H3;1H2/t23-,24-,25-,27+,29?,30?,31-,32+,33-,36+,37+,38+,39+;5?,6-,7+,8-;5-,6-;;;/m101.../s1. The van der Waals surface area contributed by atoms with E-state index in [2.05, 4.69) is 10.6 Å². The van der Waals surface area contributed by atoms with Gasteiger partial charge in [0.25, 0.3) is 5.91 Å². The molecule has 3 saturated heterocycles. The lowest BCUT2D eigenvalue weighted by Gasteiger charge is -2.62. The molecule has 3 saturated carbocycles. The van der Waals surface area contributed by atoms with E-state index in [0.29, 0.717) is 82.9 Å². The number of carbonyl (C=O) groups is 3. The van der Waals surface area contributed by atoms with Crippen LogP contribution in [-0.2, 0) is 33.3 Å². The van der Waals surface area contributed by atoms with E-state index in [1.165, 1.54) is 19.3 Å². The Morgan fingerprint density at radius 2 is 1.48 bits per heavy atom. The van der Waals surface area contributed by atoms with Crippen molar-refractivity contribution in [3.05, 3.63) is 23.8 Å². The van der Waals surface area contributed by atoms with Gasteiger partial charge in [-0.05, 0) is 156 Å². The van der Waals surface area contributed by atoms with Gasteiger partial charge in [0.05, 0.1) is 42.0 Å². The molecule has 12 N–H and O–H groups in total. The fourth-order valence-electron chi connectivity index (χ4n) is 13.1. The molecule has 0 aromatic carbocycles. The van der Waals surface area contributed by atoms with Gasteiger partial charge in [0.2, 0.25) is 0 Å². The number of methoxy groups -OCH3 is 1. The van der Waals surface area contributed by atoms with Gasteiger partial charge in [0.15, 0.2) is 29.6 Å². The third-order valence-corrected chi connectivity index (χ3v) is 17.8. The number of hydrogen-bond acceptors (Lipinski definition) is 17. The Morgan fingerprint density at radius 1 is 0.857 bits per heavy atom. The highest BCUT2D eigenvalue weighted by atomic mass is 19.1. The summed E-state index contributed by atoms with van der Waals surface area (Å²) in [6.07, 6.45) is 5.80. The van der Waals surface area contributed by atoms with Crippen LogP contribution in [0.5, 0.6) is 0 Å². The number of alkyl halides is 1. The minimum Gasteiger partial charge on any atom is -0.463 e. The fourth-order valence-corrected chi connectivity index (χ4v) is 13.1. The van der Waals surface area contributed by atoms with Crippen molar-refractivity contribution in [3.8, 4) is 0 Å². The van der Waals surface area contributed by atoms with Crippen molar-refractivity contribution in [1.82, 2.24) is 15.5 Å². The molecule has 3 heterocycles. The zero-order chi connectivity index (χ0) is 57.6. The average molecular weight is 1110 g/mol. The van der Waals surface area contributed by atoms with Gasteiger partial charge >= 0.3 is 5.97 Å². The van der Waals surface area contributed by atoms with Crippen LogP contribution >= 0.6 is 0 Å². The molecule has 19 atom stereocenters. The van der Waals surface area contributed by atoms with Gasteiger partial charge in [-0.1, -0.05) is 52.7 Å². The van der Waals surface area contributed by atoms with Crippen molar-refractivity contribution >= 4 is 17.7 Å². The fraction of sp³-hybridized carbons (Fsp3) is 0.877. The van der Waals surface area contributed by atoms with Gasteiger partial charge in [-0.3, -0.25) is 19.3 Å². The molecule has 0 aromatic rings. The monoisotopic (exact) mass is 1110 g/mol. The maximum Gasteiger partial charge on any atom is 0.308 e. The first-order chi connectivity index (χ1) is 35.6. The summed E-state index contributed by atoms with van der Waals surface area (Å²) in [4.78, 5) is 40.5. The van der Waals surface area contributed by atoms with E-state index in [9.17, 15) is 50.1 Å². The minimum absolute atomic E-state index is 0. The quantitative estimate of drug-likeness (QED) is 0.134. The molecule has 7 aliphatic rings. The zero-order valence-electron chi connectivity index (χ0n) is 48.8. The van der Waals surface area contributed by atoms with E-state index in [0.717, 1.165) is 19.3 Å². The van der Waals surface area contributed by atoms with Crippen molar-refractivity contribution in [1.29, 1.82) is 0 Å². The number of nitrogens with zero attached hydrogens (tertiary/aromatic N) is 1. The molecule has 0 bridgehead atoms. The number of allylic oxidation sites excluding steroid dienone is 4. The van der Waals surface area contributed by atoms with Crippen LogP contribution in [0.15, 0.2) is 23.8 Å². The first kappa shape index (κ1) is 70.6. The number of halogens is 1. The smallest absolute Gasteiger partial charge is 0.308 e. The summed E-state index contributed by atoms with van der Waals surface area (Å²) >= 11 is 0. The summed E-state index contributed by atoms with van der Waals surface area (Å²) in [6, 6.07) is -0.526. The largest absolute Gasteiger partial charge is 0.463 e. The number of ketones is 1. The van der Waals surface area contributed by atoms with E-state index in [1.54, 1.807) is 47.6 Å². The molecule has 3 aliphatic heterocycles. The molecule has 77 heavy (non-hydrogen) atoms. The Kier molecular flexibility index (Phi) is 28.5. The van der Waals surface area contributed by atoms with Gasteiger partial charge < -0.3 is 75.9 Å². The topological polar surface area (TPSA) is 309 Å². The minimum atomic E-state index is -2.05. The van der Waals surface area contributed by atoms with Crippen molar-refractivity contribution < 1.29 is 84.0 Å². The number of fused-ring (bicyclic) bond motifs is 5. The number of cyclic esters (lactones) is 1. The van der Waals surface area contributed by atoms with Crippen molar-refractivity contribution in [3.63, 3.8) is 0 Å². The average Bonchev–Trinajstić information content (AvgIpc) is 3.57. The van der Waals surface area contributed by atoms with Crippen LogP contribution in [0.1, 0.15) is 159 Å². The van der Waals surface area contributed by atoms with Gasteiger partial charge in [-0.2, -0.15) is 0 Å². The van der Waals surface area contributed by atoms with Crippen LogP contribution in [0.3, 0.4) is 0 Å². The van der Waals surface area contributed by atoms with E-state index < -0.39 is 107 Å². The number of carbonyl (C=O) groups excluding carboxylic acids is 3. The Balaban J connectivity index is 0.000000639. The highest BCUT2D eigenvalue weighted by Gasteiger charge is 2.75. The zero-order valence-corrected chi connectivity index (χ0v) is 48.8. The summed E-state index contributed by atoms with van der Waals surface area (Å²) in [7, 11) is 5.27. The van der Waals surface area contributed by atoms with Crippen LogP contribution in [0.4, 0.5) is 4.39 Å². The maximum atomic E-state index is 17.5. The number of aliphatic hydroxyl groups excluding tert-OH is 7. The molecule has 7 rings (SSSR count). The predicted molar refractivity (Wildman–Crippen MR) is 291 cm³/mol. The van der Waals surface area contributed by atoms with Crippen LogP contribution in [0.2, 0.25) is 0 Å². The molecule has 19 nitrogen and oxygen atoms in total. The van der Waals surface area contributed by atoms with E-state index in [-0.39, 0.29) is 48.8 Å². The Labute approximate surface area is 459 Å². The molecular formula is C57H104FN3O16. The molecule has 0 aromatic heterocycles. The van der Waals surface area contributed by atoms with Crippen LogP contribution < -0.4 is 10.6 Å². The van der Waals surface area contributed by atoms with Crippen molar-refractivity contribution in [2.24, 2.45) is 34.5 Å². The van der Waals surface area contributed by atoms with Crippen molar-refractivity contribution in [2.45, 2.75) is 237 Å². The number of aliphatic hydroxyl groups is 8. The normalized spacial score (nSPS) is 42.4. The van der Waals surface area contributed by atoms with Crippen LogP contribution in [0, 0.1) is 34.5 Å². The molecule has 1 amide bonds. The molecule has 450 valence electrons. The SMILES string of the molecule is CC.CNC.CO[C@@]1(C)C[C@@H](O)OC(C)[C@H]1O.C[C@@H]1CCC[C@H](O)CCCN(CCCNC(=O)[C@@]2(O)[C@H](C)CC3C4CCC5=CC(=O)C=C[C@]5(C)[C@@]4(F)[C@@H](O)C[C@@]32C)[C@H](C)[C@@H](O)[C@H](O)COC1=O.C[C@@H]1CCC[C@H](O)O1.O. The highest BCUT2D eigenvalue weighted by Crippen LogP contribution is 2.70. The second kappa shape index (κ2) is 31.0. The first-order valence-electron chi connectivity index (χ1n) is 28.4. The third kappa shape index (κ3) is 16.4. The van der Waals surface area contributed by atoms with Gasteiger partial charge in [0.1, 0.15) is 18.8 Å². The summed E-state index contributed by atoms with van der Waals surface area (Å²) in [5.74, 6) is -3.04. The molecule has 3 unspecified atom stereocenters.